The molecule has 1 fully saturated rings. The number of nitrogens with zero attached hydrogens (tertiary/aromatic N) is 1. The number of hydrogen-bond acceptors (Lipinski definition) is 5. The lowest BCUT2D eigenvalue weighted by Crippen LogP contribution is -2.52. The molecule has 1 aliphatic heterocycles. The van der Waals surface area contributed by atoms with Gasteiger partial charge in [0.05, 0.1) is 16.8 Å². The lowest BCUT2D eigenvalue weighted by atomic mass is 10.4. The molecule has 16 heavy (non-hydrogen) atoms. The van der Waals surface area contributed by atoms with Gasteiger partial charge < -0.3 is 5.73 Å². The molecule has 0 saturated carbocycles. The first kappa shape index (κ1) is 13.9. The zero-order valence-corrected chi connectivity index (χ0v) is 10.9. The number of rotatable bonds is 4. The van der Waals surface area contributed by atoms with Crippen molar-refractivity contribution in [3.05, 3.63) is 0 Å². The van der Waals surface area contributed by atoms with E-state index in [1.54, 1.807) is 6.92 Å². The third-order valence-electron chi connectivity index (χ3n) is 2.66. The van der Waals surface area contributed by atoms with Gasteiger partial charge in [0.15, 0.2) is 9.84 Å². The number of sulfone groups is 1. The summed E-state index contributed by atoms with van der Waals surface area (Å²) in [7, 11) is -6.53. The quantitative estimate of drug-likeness (QED) is 0.691. The second kappa shape index (κ2) is 4.99. The van der Waals surface area contributed by atoms with Crippen molar-refractivity contribution in [2.24, 2.45) is 5.73 Å². The van der Waals surface area contributed by atoms with Gasteiger partial charge in [0, 0.05) is 19.6 Å². The molecule has 6 nitrogen and oxygen atoms in total. The number of sulfonamides is 1. The Kier molecular flexibility index (Phi) is 4.33. The fraction of sp³-hybridized carbons (Fsp3) is 1.00. The summed E-state index contributed by atoms with van der Waals surface area (Å²) in [5, 5.41) is -0.757. The Morgan fingerprint density at radius 3 is 2.56 bits per heavy atom. The van der Waals surface area contributed by atoms with E-state index in [2.05, 4.69) is 0 Å². The van der Waals surface area contributed by atoms with Crippen LogP contribution in [0.2, 0.25) is 0 Å². The highest BCUT2D eigenvalue weighted by atomic mass is 32.2. The van der Waals surface area contributed by atoms with Crippen LogP contribution in [0.4, 0.5) is 0 Å². The molecule has 0 aromatic rings. The third kappa shape index (κ3) is 2.93. The maximum Gasteiger partial charge on any atom is 0.214 e. The fourth-order valence-corrected chi connectivity index (χ4v) is 4.96. The molecule has 0 aliphatic carbocycles. The van der Waals surface area contributed by atoms with Gasteiger partial charge in [0.25, 0.3) is 0 Å². The van der Waals surface area contributed by atoms with Crippen molar-refractivity contribution in [1.82, 2.24) is 4.31 Å². The van der Waals surface area contributed by atoms with Gasteiger partial charge in [-0.05, 0) is 6.42 Å². The third-order valence-corrected chi connectivity index (χ3v) is 6.81. The lowest BCUT2D eigenvalue weighted by Gasteiger charge is -2.31. The molecule has 0 aromatic carbocycles. The molecule has 1 rings (SSSR count). The van der Waals surface area contributed by atoms with Crippen molar-refractivity contribution in [3.8, 4) is 0 Å². The van der Waals surface area contributed by atoms with E-state index >= 15 is 0 Å². The van der Waals surface area contributed by atoms with Crippen LogP contribution in [0.1, 0.15) is 13.3 Å². The highest BCUT2D eigenvalue weighted by Crippen LogP contribution is 2.15. The van der Waals surface area contributed by atoms with E-state index in [0.29, 0.717) is 6.42 Å². The normalized spacial score (nSPS) is 26.8. The summed E-state index contributed by atoms with van der Waals surface area (Å²) in [5.74, 6) is -0.0673. The molecule has 1 heterocycles. The highest BCUT2D eigenvalue weighted by Gasteiger charge is 2.36. The van der Waals surface area contributed by atoms with Crippen molar-refractivity contribution in [2.75, 3.05) is 31.1 Å². The zero-order chi connectivity index (χ0) is 12.4. The summed E-state index contributed by atoms with van der Waals surface area (Å²) in [6, 6.07) is 0. The largest absolute Gasteiger partial charge is 0.329 e. The molecule has 96 valence electrons. The van der Waals surface area contributed by atoms with Crippen LogP contribution in [0.15, 0.2) is 0 Å². The van der Waals surface area contributed by atoms with Crippen molar-refractivity contribution >= 4 is 19.9 Å². The minimum Gasteiger partial charge on any atom is -0.329 e. The minimum absolute atomic E-state index is 0.00116. The Hall–Kier alpha value is -0.180. The highest BCUT2D eigenvalue weighted by molar-refractivity contribution is 7.92. The second-order valence-electron chi connectivity index (χ2n) is 3.90. The Labute approximate surface area is 96.8 Å². The second-order valence-corrected chi connectivity index (χ2v) is 8.39. The van der Waals surface area contributed by atoms with Crippen molar-refractivity contribution in [2.45, 2.75) is 18.6 Å². The Morgan fingerprint density at radius 1 is 1.44 bits per heavy atom. The predicted molar refractivity (Wildman–Crippen MR) is 62.3 cm³/mol. The summed E-state index contributed by atoms with van der Waals surface area (Å²) in [6.45, 7) is 1.81. The minimum atomic E-state index is -3.31. The van der Waals surface area contributed by atoms with Gasteiger partial charge in [0.1, 0.15) is 0 Å². The Morgan fingerprint density at radius 2 is 2.06 bits per heavy atom. The molecule has 0 spiro atoms. The average molecular weight is 270 g/mol. The molecule has 0 aromatic heterocycles. The summed E-state index contributed by atoms with van der Waals surface area (Å²) >= 11 is 0. The molecule has 1 atom stereocenters. The molecule has 0 radical (unpaired) electrons. The van der Waals surface area contributed by atoms with E-state index < -0.39 is 25.1 Å². The zero-order valence-electron chi connectivity index (χ0n) is 9.29. The molecular formula is C8H18N2O4S2. The molecular weight excluding hydrogens is 252 g/mol. The van der Waals surface area contributed by atoms with Gasteiger partial charge >= 0.3 is 0 Å². The van der Waals surface area contributed by atoms with Crippen LogP contribution >= 0.6 is 0 Å². The van der Waals surface area contributed by atoms with Crippen LogP contribution in [0.25, 0.3) is 0 Å². The van der Waals surface area contributed by atoms with E-state index in [0.717, 1.165) is 0 Å². The molecule has 0 amide bonds. The maximum atomic E-state index is 11.7. The fourth-order valence-electron chi connectivity index (χ4n) is 1.69. The molecule has 1 saturated heterocycles. The standard InChI is InChI=1S/C8H18N2O4S2/c1-2-4-16(13,14)10-3-5-15(11,12)8(6-9)7-10/h8H,2-7,9H2,1H3. The van der Waals surface area contributed by atoms with Crippen molar-refractivity contribution in [1.29, 1.82) is 0 Å². The average Bonchev–Trinajstić information content (AvgIpc) is 2.16. The SMILES string of the molecule is CCCS(=O)(=O)N1CCS(=O)(=O)C(CN)C1. The number of hydrogen-bond donors (Lipinski definition) is 1. The molecule has 1 unspecified atom stereocenters. The first-order chi connectivity index (χ1) is 7.33. The van der Waals surface area contributed by atoms with Gasteiger partial charge in [-0.15, -0.1) is 0 Å². The van der Waals surface area contributed by atoms with E-state index in [-0.39, 0.29) is 31.1 Å². The molecule has 0 bridgehead atoms. The first-order valence-corrected chi connectivity index (χ1v) is 8.55. The summed E-state index contributed by atoms with van der Waals surface area (Å²) in [6.07, 6.45) is 0.527. The summed E-state index contributed by atoms with van der Waals surface area (Å²) < 4.78 is 47.8. The van der Waals surface area contributed by atoms with Crippen molar-refractivity contribution in [3.63, 3.8) is 0 Å². The van der Waals surface area contributed by atoms with Crippen LogP contribution in [0.5, 0.6) is 0 Å². The van der Waals surface area contributed by atoms with Gasteiger partial charge in [-0.25, -0.2) is 16.8 Å². The maximum absolute atomic E-state index is 11.7. The van der Waals surface area contributed by atoms with Crippen LogP contribution in [0, 0.1) is 0 Å². The first-order valence-electron chi connectivity index (χ1n) is 5.23. The predicted octanol–water partition coefficient (Wildman–Crippen LogP) is -1.22. The van der Waals surface area contributed by atoms with E-state index in [4.69, 9.17) is 5.73 Å². The van der Waals surface area contributed by atoms with E-state index in [9.17, 15) is 16.8 Å². The van der Waals surface area contributed by atoms with E-state index in [1.165, 1.54) is 4.31 Å². The molecule has 1 aliphatic rings. The molecule has 8 heteroatoms. The van der Waals surface area contributed by atoms with Gasteiger partial charge in [0.2, 0.25) is 10.0 Å². The van der Waals surface area contributed by atoms with Crippen LogP contribution in [-0.2, 0) is 19.9 Å². The molecule has 2 N–H and O–H groups in total. The van der Waals surface area contributed by atoms with Crippen LogP contribution in [-0.4, -0.2) is 57.5 Å². The van der Waals surface area contributed by atoms with Crippen LogP contribution in [0.3, 0.4) is 0 Å². The van der Waals surface area contributed by atoms with Crippen molar-refractivity contribution < 1.29 is 16.8 Å². The Balaban J connectivity index is 2.83. The topological polar surface area (TPSA) is 97.5 Å². The Bertz CT molecular complexity index is 429. The summed E-state index contributed by atoms with van der Waals surface area (Å²) in [5.41, 5.74) is 5.36. The van der Waals surface area contributed by atoms with Gasteiger partial charge in [-0.3, -0.25) is 0 Å². The van der Waals surface area contributed by atoms with Gasteiger partial charge in [-0.1, -0.05) is 6.92 Å². The van der Waals surface area contributed by atoms with Crippen LogP contribution < -0.4 is 5.73 Å². The lowest BCUT2D eigenvalue weighted by molar-refractivity contribution is 0.402. The van der Waals surface area contributed by atoms with Gasteiger partial charge in [-0.2, -0.15) is 4.31 Å². The smallest absolute Gasteiger partial charge is 0.214 e. The van der Waals surface area contributed by atoms with E-state index in [1.807, 2.05) is 0 Å². The number of nitrogens with two attached hydrogens (primary N) is 1. The monoisotopic (exact) mass is 270 g/mol. The summed E-state index contributed by atoms with van der Waals surface area (Å²) in [4.78, 5) is 0.